The Morgan fingerprint density at radius 3 is 2.00 bits per heavy atom. The quantitative estimate of drug-likeness (QED) is 0.489. The van der Waals surface area contributed by atoms with E-state index in [2.05, 4.69) is 0 Å². The number of aliphatic hydroxyl groups is 2. The van der Waals surface area contributed by atoms with E-state index in [-0.39, 0.29) is 0 Å². The van der Waals surface area contributed by atoms with Crippen LogP contribution < -0.4 is 0 Å². The molecule has 0 aliphatic carbocycles. The van der Waals surface area contributed by atoms with Crippen LogP contribution in [0.3, 0.4) is 0 Å². The van der Waals surface area contributed by atoms with Gasteiger partial charge in [-0.3, -0.25) is 4.55 Å². The molecule has 0 radical (unpaired) electrons. The van der Waals surface area contributed by atoms with Crippen molar-refractivity contribution < 1.29 is 23.2 Å². The Morgan fingerprint density at radius 1 is 1.55 bits per heavy atom. The Bertz CT molecular complexity index is 215. The van der Waals surface area contributed by atoms with Gasteiger partial charge in [-0.2, -0.15) is 8.42 Å². The lowest BCUT2D eigenvalue weighted by Crippen LogP contribution is -2.43. The van der Waals surface area contributed by atoms with E-state index in [4.69, 9.17) is 14.8 Å². The summed E-state index contributed by atoms with van der Waals surface area (Å²) in [5.41, 5.74) is -1.80. The molecule has 0 aliphatic rings. The SMILES string of the molecule is CC(O)C(C)(O)CS(=O)(=O)O. The van der Waals surface area contributed by atoms with Gasteiger partial charge in [0.15, 0.2) is 0 Å². The van der Waals surface area contributed by atoms with Crippen molar-refractivity contribution in [3.05, 3.63) is 0 Å². The summed E-state index contributed by atoms with van der Waals surface area (Å²) in [4.78, 5) is 0. The minimum atomic E-state index is -4.24. The highest BCUT2D eigenvalue weighted by atomic mass is 32.2. The first kappa shape index (κ1) is 10.8. The van der Waals surface area contributed by atoms with E-state index in [1.807, 2.05) is 0 Å². The van der Waals surface area contributed by atoms with Crippen molar-refractivity contribution in [3.8, 4) is 0 Å². The molecule has 0 aliphatic heterocycles. The lowest BCUT2D eigenvalue weighted by Gasteiger charge is -2.24. The van der Waals surface area contributed by atoms with Crippen LogP contribution in [0.4, 0.5) is 0 Å². The van der Waals surface area contributed by atoms with Crippen molar-refractivity contribution in [3.63, 3.8) is 0 Å². The van der Waals surface area contributed by atoms with Crippen LogP contribution in [0.2, 0.25) is 0 Å². The number of hydrogen-bond donors (Lipinski definition) is 3. The van der Waals surface area contributed by atoms with Crippen LogP contribution in [0.25, 0.3) is 0 Å². The normalized spacial score (nSPS) is 20.8. The molecule has 68 valence electrons. The molecule has 0 aromatic heterocycles. The first-order valence-corrected chi connectivity index (χ1v) is 4.62. The molecule has 0 heterocycles. The van der Waals surface area contributed by atoms with Gasteiger partial charge in [0.05, 0.1) is 6.10 Å². The number of aliphatic hydroxyl groups excluding tert-OH is 1. The maximum absolute atomic E-state index is 10.2. The topological polar surface area (TPSA) is 94.8 Å². The molecule has 6 heteroatoms. The third kappa shape index (κ3) is 4.31. The van der Waals surface area contributed by atoms with Crippen LogP contribution in [0.1, 0.15) is 13.8 Å². The predicted molar refractivity (Wildman–Crippen MR) is 38.7 cm³/mol. The van der Waals surface area contributed by atoms with Gasteiger partial charge in [-0.15, -0.1) is 0 Å². The minimum absolute atomic E-state index is 0.863. The first-order valence-electron chi connectivity index (χ1n) is 3.01. The summed E-state index contributed by atoms with van der Waals surface area (Å²) in [5.74, 6) is -0.863. The predicted octanol–water partition coefficient (Wildman–Crippen LogP) is -0.994. The molecule has 3 N–H and O–H groups in total. The van der Waals surface area contributed by atoms with E-state index >= 15 is 0 Å². The molecular formula is C5H12O5S. The Hall–Kier alpha value is -0.170. The first-order chi connectivity index (χ1) is 4.65. The second kappa shape index (κ2) is 3.06. The monoisotopic (exact) mass is 184 g/mol. The van der Waals surface area contributed by atoms with E-state index < -0.39 is 27.6 Å². The zero-order chi connectivity index (χ0) is 9.28. The third-order valence-corrected chi connectivity index (χ3v) is 2.32. The Morgan fingerprint density at radius 2 is 1.91 bits per heavy atom. The summed E-state index contributed by atoms with van der Waals surface area (Å²) in [6.07, 6.45) is -1.20. The molecule has 0 bridgehead atoms. The highest BCUT2D eigenvalue weighted by Gasteiger charge is 2.31. The maximum atomic E-state index is 10.2. The van der Waals surface area contributed by atoms with Crippen LogP contribution >= 0.6 is 0 Å². The fourth-order valence-corrected chi connectivity index (χ4v) is 1.47. The van der Waals surface area contributed by atoms with Gasteiger partial charge in [0.25, 0.3) is 10.1 Å². The molecule has 0 amide bonds. The van der Waals surface area contributed by atoms with Crippen LogP contribution in [-0.4, -0.2) is 40.6 Å². The molecule has 0 fully saturated rings. The van der Waals surface area contributed by atoms with Gasteiger partial charge in [-0.1, -0.05) is 0 Å². The second-order valence-corrected chi connectivity index (χ2v) is 4.21. The molecule has 0 saturated heterocycles. The zero-order valence-corrected chi connectivity index (χ0v) is 7.17. The van der Waals surface area contributed by atoms with Crippen LogP contribution in [0.15, 0.2) is 0 Å². The summed E-state index contributed by atoms with van der Waals surface area (Å²) in [5, 5.41) is 18.0. The van der Waals surface area contributed by atoms with Gasteiger partial charge in [0.2, 0.25) is 0 Å². The van der Waals surface area contributed by atoms with E-state index in [0.717, 1.165) is 6.92 Å². The van der Waals surface area contributed by atoms with E-state index in [9.17, 15) is 8.42 Å². The van der Waals surface area contributed by atoms with E-state index in [1.165, 1.54) is 6.92 Å². The minimum Gasteiger partial charge on any atom is -0.390 e. The third-order valence-electron chi connectivity index (χ3n) is 1.37. The lowest BCUT2D eigenvalue weighted by atomic mass is 10.0. The molecule has 0 aromatic rings. The maximum Gasteiger partial charge on any atom is 0.267 e. The van der Waals surface area contributed by atoms with Gasteiger partial charge in [-0.05, 0) is 13.8 Å². The van der Waals surface area contributed by atoms with Crippen LogP contribution in [0, 0.1) is 0 Å². The molecular weight excluding hydrogens is 172 g/mol. The number of rotatable bonds is 3. The fourth-order valence-electron chi connectivity index (χ4n) is 0.490. The van der Waals surface area contributed by atoms with Gasteiger partial charge in [0.1, 0.15) is 11.4 Å². The van der Waals surface area contributed by atoms with Crippen molar-refractivity contribution in [1.29, 1.82) is 0 Å². The lowest BCUT2D eigenvalue weighted by molar-refractivity contribution is -0.0357. The molecule has 0 saturated carbocycles. The van der Waals surface area contributed by atoms with Crippen molar-refractivity contribution in [2.24, 2.45) is 0 Å². The average Bonchev–Trinajstić information content (AvgIpc) is 1.56. The largest absolute Gasteiger partial charge is 0.390 e. The van der Waals surface area contributed by atoms with Gasteiger partial charge >= 0.3 is 0 Å². The summed E-state index contributed by atoms with van der Waals surface area (Å²) in [6.45, 7) is 2.37. The molecule has 0 rings (SSSR count). The Kier molecular flexibility index (Phi) is 3.01. The van der Waals surface area contributed by atoms with Crippen LogP contribution in [0.5, 0.6) is 0 Å². The number of hydrogen-bond acceptors (Lipinski definition) is 4. The molecule has 11 heavy (non-hydrogen) atoms. The second-order valence-electron chi connectivity index (χ2n) is 2.76. The van der Waals surface area contributed by atoms with Crippen LogP contribution in [-0.2, 0) is 10.1 Å². The summed E-state index contributed by atoms with van der Waals surface area (Å²) in [6, 6.07) is 0. The molecule has 2 atom stereocenters. The van der Waals surface area contributed by atoms with Gasteiger partial charge < -0.3 is 10.2 Å². The molecule has 0 spiro atoms. The smallest absolute Gasteiger partial charge is 0.267 e. The molecule has 5 nitrogen and oxygen atoms in total. The summed E-state index contributed by atoms with van der Waals surface area (Å²) < 4.78 is 28.8. The Balaban J connectivity index is 4.38. The standard InChI is InChI=1S/C5H12O5S/c1-4(6)5(2,7)3-11(8,9)10/h4,6-7H,3H2,1-2H3,(H,8,9,10). The van der Waals surface area contributed by atoms with Crippen molar-refractivity contribution >= 4 is 10.1 Å². The molecule has 0 aromatic carbocycles. The average molecular weight is 184 g/mol. The zero-order valence-electron chi connectivity index (χ0n) is 6.35. The Labute approximate surface area is 65.4 Å². The van der Waals surface area contributed by atoms with Gasteiger partial charge in [-0.25, -0.2) is 0 Å². The highest BCUT2D eigenvalue weighted by Crippen LogP contribution is 2.11. The fraction of sp³-hybridized carbons (Fsp3) is 1.00. The van der Waals surface area contributed by atoms with Gasteiger partial charge in [0, 0.05) is 0 Å². The highest BCUT2D eigenvalue weighted by molar-refractivity contribution is 7.85. The van der Waals surface area contributed by atoms with Crippen molar-refractivity contribution in [1.82, 2.24) is 0 Å². The van der Waals surface area contributed by atoms with Crippen molar-refractivity contribution in [2.45, 2.75) is 25.6 Å². The molecule has 2 unspecified atom stereocenters. The van der Waals surface area contributed by atoms with E-state index in [1.54, 1.807) is 0 Å². The van der Waals surface area contributed by atoms with Crippen molar-refractivity contribution in [2.75, 3.05) is 5.75 Å². The summed E-state index contributed by atoms with van der Waals surface area (Å²) in [7, 11) is -4.24. The summed E-state index contributed by atoms with van der Waals surface area (Å²) >= 11 is 0. The van der Waals surface area contributed by atoms with E-state index in [0.29, 0.717) is 0 Å².